The summed E-state index contributed by atoms with van der Waals surface area (Å²) in [7, 11) is 0. The second-order valence-corrected chi connectivity index (χ2v) is 17.6. The Kier molecular flexibility index (Phi) is 8.55. The summed E-state index contributed by atoms with van der Waals surface area (Å²) in [4.78, 5) is 2.38. The molecule has 14 rings (SSSR count). The molecule has 4 heteroatoms. The quantitative estimate of drug-likeness (QED) is 0.160. The van der Waals surface area contributed by atoms with Gasteiger partial charge in [-0.05, 0) is 100 Å². The van der Waals surface area contributed by atoms with Crippen molar-refractivity contribution in [3.05, 3.63) is 243 Å². The minimum Gasteiger partial charge on any atom is -0.455 e. The fourth-order valence-corrected chi connectivity index (χ4v) is 10.6. The third-order valence-electron chi connectivity index (χ3n) is 13.8. The van der Waals surface area contributed by atoms with Crippen molar-refractivity contribution in [1.29, 1.82) is 0 Å². The Labute approximate surface area is 391 Å². The van der Waals surface area contributed by atoms with E-state index >= 15 is 0 Å². The summed E-state index contributed by atoms with van der Waals surface area (Å²) in [5.41, 5.74) is 16.5. The lowest BCUT2D eigenvalue weighted by atomic mass is 9.98. The van der Waals surface area contributed by atoms with Gasteiger partial charge in [-0.2, -0.15) is 0 Å². The Hall–Kier alpha value is -9.12. The van der Waals surface area contributed by atoms with Crippen LogP contribution in [0.1, 0.15) is 0 Å². The van der Waals surface area contributed by atoms with Crippen LogP contribution in [0.4, 0.5) is 17.1 Å². The average Bonchev–Trinajstić information content (AvgIpc) is 4.09. The predicted molar refractivity (Wildman–Crippen MR) is 284 cm³/mol. The molecule has 4 nitrogen and oxygen atoms in total. The number of anilines is 3. The first-order valence-corrected chi connectivity index (χ1v) is 23.2. The van der Waals surface area contributed by atoms with Crippen molar-refractivity contribution in [2.24, 2.45) is 0 Å². The molecule has 0 spiro atoms. The van der Waals surface area contributed by atoms with Crippen LogP contribution >= 0.6 is 0 Å². The summed E-state index contributed by atoms with van der Waals surface area (Å²) in [6, 6.07) is 87.0. The van der Waals surface area contributed by atoms with Crippen LogP contribution < -0.4 is 4.90 Å². The largest absolute Gasteiger partial charge is 0.455 e. The highest BCUT2D eigenvalue weighted by Crippen LogP contribution is 2.46. The number of hydrogen-bond donors (Lipinski definition) is 0. The van der Waals surface area contributed by atoms with Crippen LogP contribution in [0.2, 0.25) is 0 Å². The average molecular weight is 869 g/mol. The molecule has 0 radical (unpaired) electrons. The van der Waals surface area contributed by atoms with Crippen molar-refractivity contribution in [3.63, 3.8) is 0 Å². The molecule has 3 aromatic heterocycles. The van der Waals surface area contributed by atoms with Crippen molar-refractivity contribution in [2.75, 3.05) is 4.90 Å². The zero-order valence-corrected chi connectivity index (χ0v) is 36.8. The van der Waals surface area contributed by atoms with E-state index in [-0.39, 0.29) is 0 Å². The van der Waals surface area contributed by atoms with E-state index < -0.39 is 0 Å². The highest BCUT2D eigenvalue weighted by Gasteiger charge is 2.23. The SMILES string of the molecule is c1ccc(-n2c3ccccc3c3ccccc32)c(-c2cc(N(c3ccc(-c4ccc5ccccc5c4)cc3)c3ccc(-c4cccc5c4oc4ccccc45)cc3)cc3c2oc2ccccc23)c1. The van der Waals surface area contributed by atoms with Gasteiger partial charge in [-0.1, -0.05) is 170 Å². The molecule has 11 aromatic carbocycles. The topological polar surface area (TPSA) is 34.5 Å². The highest BCUT2D eigenvalue weighted by atomic mass is 16.3. The zero-order chi connectivity index (χ0) is 44.7. The van der Waals surface area contributed by atoms with E-state index in [2.05, 4.69) is 234 Å². The Morgan fingerprint density at radius 1 is 0.294 bits per heavy atom. The van der Waals surface area contributed by atoms with E-state index in [1.165, 1.54) is 27.1 Å². The van der Waals surface area contributed by atoms with E-state index in [0.717, 1.165) is 105 Å². The fourth-order valence-electron chi connectivity index (χ4n) is 10.6. The molecule has 0 unspecified atom stereocenters. The molecule has 0 amide bonds. The lowest BCUT2D eigenvalue weighted by molar-refractivity contribution is 0.669. The van der Waals surface area contributed by atoms with Gasteiger partial charge >= 0.3 is 0 Å². The monoisotopic (exact) mass is 868 g/mol. The smallest absolute Gasteiger partial charge is 0.143 e. The Balaban J connectivity index is 0.984. The standard InChI is InChI=1S/C64H40N2O2/c1-2-15-44-38-45(29-28-41(44)14-1)42-30-34-46(35-31-42)65(47-36-32-43(33-37-47)49-21-13-22-55-53-19-6-11-26-61(53)67-63(49)55)48-39-56(64-57(40-48)54-20-7-12-27-62(54)68-64)52-18-5-10-25-60(52)66-58-23-8-3-16-50(58)51-17-4-9-24-59(51)66/h1-40H. The Morgan fingerprint density at radius 3 is 1.51 bits per heavy atom. The third kappa shape index (κ3) is 6.01. The van der Waals surface area contributed by atoms with Crippen LogP contribution in [0.25, 0.3) is 116 Å². The van der Waals surface area contributed by atoms with Crippen LogP contribution in [0, 0.1) is 0 Å². The van der Waals surface area contributed by atoms with Gasteiger partial charge < -0.3 is 18.3 Å². The molecule has 0 fully saturated rings. The lowest BCUT2D eigenvalue weighted by Crippen LogP contribution is -2.10. The molecule has 0 bridgehead atoms. The molecule has 318 valence electrons. The number of aromatic nitrogens is 1. The zero-order valence-electron chi connectivity index (χ0n) is 36.8. The number of para-hydroxylation sites is 6. The normalized spacial score (nSPS) is 11.8. The number of rotatable bonds is 7. The molecule has 0 atom stereocenters. The fraction of sp³-hybridized carbons (Fsp3) is 0. The van der Waals surface area contributed by atoms with Gasteiger partial charge in [0.05, 0.1) is 16.7 Å². The van der Waals surface area contributed by atoms with Crippen molar-refractivity contribution in [1.82, 2.24) is 4.57 Å². The minimum atomic E-state index is 0.851. The molecule has 0 aliphatic heterocycles. The van der Waals surface area contributed by atoms with E-state index in [1.54, 1.807) is 0 Å². The van der Waals surface area contributed by atoms with Gasteiger partial charge in [0.15, 0.2) is 0 Å². The van der Waals surface area contributed by atoms with E-state index in [1.807, 2.05) is 18.2 Å². The summed E-state index contributed by atoms with van der Waals surface area (Å²) in [6.07, 6.45) is 0. The summed E-state index contributed by atoms with van der Waals surface area (Å²) in [5, 5.41) is 9.26. The van der Waals surface area contributed by atoms with Crippen molar-refractivity contribution in [3.8, 4) is 39.1 Å². The van der Waals surface area contributed by atoms with Crippen LogP contribution in [-0.2, 0) is 0 Å². The van der Waals surface area contributed by atoms with Crippen LogP contribution in [-0.4, -0.2) is 4.57 Å². The molecule has 14 aromatic rings. The molecule has 0 aliphatic carbocycles. The molecule has 68 heavy (non-hydrogen) atoms. The molecule has 3 heterocycles. The lowest BCUT2D eigenvalue weighted by Gasteiger charge is -2.27. The first-order chi connectivity index (χ1) is 33.7. The van der Waals surface area contributed by atoms with Gasteiger partial charge in [0, 0.05) is 66.1 Å². The van der Waals surface area contributed by atoms with Crippen LogP contribution in [0.5, 0.6) is 0 Å². The van der Waals surface area contributed by atoms with Crippen LogP contribution in [0.3, 0.4) is 0 Å². The number of nitrogens with zero attached hydrogens (tertiary/aromatic N) is 2. The van der Waals surface area contributed by atoms with E-state index in [9.17, 15) is 0 Å². The summed E-state index contributed by atoms with van der Waals surface area (Å²) >= 11 is 0. The van der Waals surface area contributed by atoms with Gasteiger partial charge in [-0.3, -0.25) is 0 Å². The maximum Gasteiger partial charge on any atom is 0.143 e. The summed E-state index contributed by atoms with van der Waals surface area (Å²) in [6.45, 7) is 0. The molecule has 0 saturated heterocycles. The highest BCUT2D eigenvalue weighted by molar-refractivity contribution is 6.14. The van der Waals surface area contributed by atoms with Crippen molar-refractivity contribution < 1.29 is 8.83 Å². The third-order valence-corrected chi connectivity index (χ3v) is 13.8. The number of benzene rings is 11. The molecular weight excluding hydrogens is 829 g/mol. The van der Waals surface area contributed by atoms with Crippen LogP contribution in [0.15, 0.2) is 251 Å². The van der Waals surface area contributed by atoms with E-state index in [4.69, 9.17) is 8.83 Å². The van der Waals surface area contributed by atoms with Crippen molar-refractivity contribution >= 4 is 93.5 Å². The van der Waals surface area contributed by atoms with Gasteiger partial charge in [-0.25, -0.2) is 0 Å². The first-order valence-electron chi connectivity index (χ1n) is 23.2. The van der Waals surface area contributed by atoms with Gasteiger partial charge in [0.2, 0.25) is 0 Å². The summed E-state index contributed by atoms with van der Waals surface area (Å²) < 4.78 is 15.8. The number of hydrogen-bond acceptors (Lipinski definition) is 3. The Morgan fingerprint density at radius 2 is 0.809 bits per heavy atom. The molecular formula is C64H40N2O2. The first kappa shape index (κ1) is 38.2. The van der Waals surface area contributed by atoms with Crippen molar-refractivity contribution in [2.45, 2.75) is 0 Å². The minimum absolute atomic E-state index is 0.851. The number of fused-ring (bicyclic) bond motifs is 10. The maximum absolute atomic E-state index is 6.91. The second-order valence-electron chi connectivity index (χ2n) is 17.6. The maximum atomic E-state index is 6.91. The molecule has 0 saturated carbocycles. The second kappa shape index (κ2) is 15.2. The van der Waals surface area contributed by atoms with Gasteiger partial charge in [0.25, 0.3) is 0 Å². The Bertz CT molecular complexity index is 4210. The molecule has 0 N–H and O–H groups in total. The predicted octanol–water partition coefficient (Wildman–Crippen LogP) is 18.2. The van der Waals surface area contributed by atoms with Gasteiger partial charge in [-0.15, -0.1) is 0 Å². The number of furan rings is 2. The molecule has 0 aliphatic rings. The van der Waals surface area contributed by atoms with E-state index in [0.29, 0.717) is 0 Å². The summed E-state index contributed by atoms with van der Waals surface area (Å²) in [5.74, 6) is 0. The van der Waals surface area contributed by atoms with Gasteiger partial charge in [0.1, 0.15) is 22.3 Å².